The molecule has 0 aliphatic carbocycles. The zero-order valence-electron chi connectivity index (χ0n) is 15.6. The molecule has 1 aromatic carbocycles. The standard InChI is InChI=1S/C19H20ClN5O2S/c1-4-9-25-18(13-5-7-14(20)8-6-13)22-23-19(25)28-11-16(26)21-17-10-15(12(2)3)24-27-17/h4-8,10,12H,1,9,11H2,2-3H3,(H,21,26). The normalized spacial score (nSPS) is 11.0. The minimum Gasteiger partial charge on any atom is -0.338 e. The zero-order chi connectivity index (χ0) is 20.1. The van der Waals surface area contributed by atoms with Crippen molar-refractivity contribution in [2.24, 2.45) is 0 Å². The number of thioether (sulfide) groups is 1. The smallest absolute Gasteiger partial charge is 0.237 e. The molecule has 2 aromatic heterocycles. The lowest BCUT2D eigenvalue weighted by Gasteiger charge is -2.07. The highest BCUT2D eigenvalue weighted by Gasteiger charge is 2.16. The van der Waals surface area contributed by atoms with Gasteiger partial charge in [0.2, 0.25) is 11.8 Å². The van der Waals surface area contributed by atoms with Crippen LogP contribution >= 0.6 is 23.4 Å². The van der Waals surface area contributed by atoms with Gasteiger partial charge >= 0.3 is 0 Å². The van der Waals surface area contributed by atoms with Crippen LogP contribution in [0.15, 0.2) is 52.7 Å². The van der Waals surface area contributed by atoms with E-state index in [0.29, 0.717) is 28.4 Å². The van der Waals surface area contributed by atoms with Crippen molar-refractivity contribution >= 4 is 35.2 Å². The van der Waals surface area contributed by atoms with Gasteiger partial charge in [-0.3, -0.25) is 14.7 Å². The van der Waals surface area contributed by atoms with Crippen molar-refractivity contribution in [2.75, 3.05) is 11.1 Å². The van der Waals surface area contributed by atoms with E-state index < -0.39 is 0 Å². The molecule has 28 heavy (non-hydrogen) atoms. The molecule has 146 valence electrons. The maximum absolute atomic E-state index is 12.2. The van der Waals surface area contributed by atoms with Crippen LogP contribution in [-0.2, 0) is 11.3 Å². The van der Waals surface area contributed by atoms with Gasteiger partial charge in [-0.1, -0.05) is 48.4 Å². The summed E-state index contributed by atoms with van der Waals surface area (Å²) in [5.41, 5.74) is 1.68. The van der Waals surface area contributed by atoms with Crippen LogP contribution in [0.1, 0.15) is 25.5 Å². The molecular formula is C19H20ClN5O2S. The van der Waals surface area contributed by atoms with Gasteiger partial charge in [0, 0.05) is 23.2 Å². The number of anilines is 1. The number of amides is 1. The van der Waals surface area contributed by atoms with Gasteiger partial charge in [-0.05, 0) is 30.2 Å². The van der Waals surface area contributed by atoms with Crippen molar-refractivity contribution in [3.63, 3.8) is 0 Å². The molecule has 0 aliphatic rings. The fourth-order valence-electron chi connectivity index (χ4n) is 2.43. The molecule has 0 radical (unpaired) electrons. The Bertz CT molecular complexity index is 965. The minimum absolute atomic E-state index is 0.160. The molecule has 1 amide bonds. The maximum Gasteiger partial charge on any atom is 0.237 e. The van der Waals surface area contributed by atoms with Gasteiger partial charge in [-0.25, -0.2) is 0 Å². The van der Waals surface area contributed by atoms with E-state index in [0.717, 1.165) is 11.3 Å². The highest BCUT2D eigenvalue weighted by atomic mass is 35.5. The molecule has 0 aliphatic heterocycles. The van der Waals surface area contributed by atoms with Crippen LogP contribution in [0.5, 0.6) is 0 Å². The average Bonchev–Trinajstić information content (AvgIpc) is 3.29. The summed E-state index contributed by atoms with van der Waals surface area (Å²) >= 11 is 7.24. The number of benzene rings is 1. The number of nitrogens with one attached hydrogen (secondary N) is 1. The van der Waals surface area contributed by atoms with Gasteiger partial charge in [0.15, 0.2) is 11.0 Å². The fourth-order valence-corrected chi connectivity index (χ4v) is 3.30. The summed E-state index contributed by atoms with van der Waals surface area (Å²) in [6.45, 7) is 8.32. The van der Waals surface area contributed by atoms with Crippen molar-refractivity contribution in [3.8, 4) is 11.4 Å². The number of halogens is 1. The molecule has 2 heterocycles. The first-order chi connectivity index (χ1) is 13.5. The van der Waals surface area contributed by atoms with Gasteiger partial charge in [-0.15, -0.1) is 16.8 Å². The molecule has 3 rings (SSSR count). The quantitative estimate of drug-likeness (QED) is 0.425. The second-order valence-corrected chi connectivity index (χ2v) is 7.70. The molecule has 0 unspecified atom stereocenters. The molecule has 1 N–H and O–H groups in total. The number of carbonyl (C=O) groups is 1. The minimum atomic E-state index is -0.211. The Kier molecular flexibility index (Phi) is 6.53. The third-order valence-corrected chi connectivity index (χ3v) is 5.06. The molecule has 3 aromatic rings. The third-order valence-electron chi connectivity index (χ3n) is 3.85. The van der Waals surface area contributed by atoms with Crippen LogP contribution in [0.3, 0.4) is 0 Å². The maximum atomic E-state index is 12.2. The van der Waals surface area contributed by atoms with Crippen LogP contribution < -0.4 is 5.32 Å². The van der Waals surface area contributed by atoms with Crippen molar-refractivity contribution in [3.05, 3.63) is 53.7 Å². The van der Waals surface area contributed by atoms with Gasteiger partial charge < -0.3 is 4.52 Å². The molecule has 0 fully saturated rings. The Morgan fingerprint density at radius 3 is 2.75 bits per heavy atom. The van der Waals surface area contributed by atoms with Crippen molar-refractivity contribution in [1.82, 2.24) is 19.9 Å². The van der Waals surface area contributed by atoms with E-state index in [1.165, 1.54) is 11.8 Å². The van der Waals surface area contributed by atoms with Crippen molar-refractivity contribution in [2.45, 2.75) is 31.5 Å². The second-order valence-electron chi connectivity index (χ2n) is 6.32. The summed E-state index contributed by atoms with van der Waals surface area (Å²) < 4.78 is 7.04. The number of aromatic nitrogens is 4. The molecule has 7 nitrogen and oxygen atoms in total. The number of hydrogen-bond acceptors (Lipinski definition) is 6. The Morgan fingerprint density at radius 2 is 2.11 bits per heavy atom. The number of allylic oxidation sites excluding steroid dienone is 1. The average molecular weight is 418 g/mol. The van der Waals surface area contributed by atoms with Crippen LogP contribution in [0.4, 0.5) is 5.88 Å². The Hall–Kier alpha value is -2.58. The highest BCUT2D eigenvalue weighted by molar-refractivity contribution is 7.99. The SMILES string of the molecule is C=CCn1c(SCC(=O)Nc2cc(C(C)C)no2)nnc1-c1ccc(Cl)cc1. The van der Waals surface area contributed by atoms with Gasteiger partial charge in [0.1, 0.15) is 0 Å². The first kappa shape index (κ1) is 20.2. The van der Waals surface area contributed by atoms with E-state index in [1.54, 1.807) is 24.3 Å². The number of carbonyl (C=O) groups excluding carboxylic acids is 1. The lowest BCUT2D eigenvalue weighted by molar-refractivity contribution is -0.113. The zero-order valence-corrected chi connectivity index (χ0v) is 17.1. The van der Waals surface area contributed by atoms with Crippen LogP contribution in [-0.4, -0.2) is 31.6 Å². The summed E-state index contributed by atoms with van der Waals surface area (Å²) in [7, 11) is 0. The van der Waals surface area contributed by atoms with Crippen LogP contribution in [0, 0.1) is 0 Å². The highest BCUT2D eigenvalue weighted by Crippen LogP contribution is 2.25. The first-order valence-corrected chi connectivity index (χ1v) is 10.0. The largest absolute Gasteiger partial charge is 0.338 e. The van der Waals surface area contributed by atoms with Crippen LogP contribution in [0.2, 0.25) is 5.02 Å². The Labute approximate surface area is 172 Å². The molecule has 0 bridgehead atoms. The van der Waals surface area contributed by atoms with E-state index in [2.05, 4.69) is 27.2 Å². The van der Waals surface area contributed by atoms with Crippen LogP contribution in [0.25, 0.3) is 11.4 Å². The van der Waals surface area contributed by atoms with Gasteiger partial charge in [0.05, 0.1) is 11.4 Å². The van der Waals surface area contributed by atoms with E-state index in [9.17, 15) is 4.79 Å². The topological polar surface area (TPSA) is 85.8 Å². The van der Waals surface area contributed by atoms with Gasteiger partial charge in [0.25, 0.3) is 0 Å². The van der Waals surface area contributed by atoms with E-state index in [-0.39, 0.29) is 17.6 Å². The molecule has 9 heteroatoms. The van der Waals surface area contributed by atoms with Crippen molar-refractivity contribution in [1.29, 1.82) is 0 Å². The molecule has 0 saturated carbocycles. The first-order valence-electron chi connectivity index (χ1n) is 8.67. The predicted molar refractivity (Wildman–Crippen MR) is 111 cm³/mol. The molecular weight excluding hydrogens is 398 g/mol. The van der Waals surface area contributed by atoms with E-state index in [4.69, 9.17) is 16.1 Å². The van der Waals surface area contributed by atoms with E-state index in [1.807, 2.05) is 30.5 Å². The fraction of sp³-hybridized carbons (Fsp3) is 0.263. The summed E-state index contributed by atoms with van der Waals surface area (Å²) in [6, 6.07) is 9.08. The number of hydrogen-bond donors (Lipinski definition) is 1. The van der Waals surface area contributed by atoms with E-state index >= 15 is 0 Å². The molecule has 0 saturated heterocycles. The Balaban J connectivity index is 1.68. The summed E-state index contributed by atoms with van der Waals surface area (Å²) in [6.07, 6.45) is 1.76. The summed E-state index contributed by atoms with van der Waals surface area (Å²) in [5, 5.41) is 16.4. The monoisotopic (exact) mass is 417 g/mol. The third kappa shape index (κ3) is 4.82. The predicted octanol–water partition coefficient (Wildman–Crippen LogP) is 4.63. The lowest BCUT2D eigenvalue weighted by Crippen LogP contribution is -2.14. The second kappa shape index (κ2) is 9.07. The van der Waals surface area contributed by atoms with Gasteiger partial charge in [-0.2, -0.15) is 0 Å². The Morgan fingerprint density at radius 1 is 1.36 bits per heavy atom. The molecule has 0 atom stereocenters. The number of nitrogens with zero attached hydrogens (tertiary/aromatic N) is 4. The number of rotatable bonds is 8. The lowest BCUT2D eigenvalue weighted by atomic mass is 10.1. The summed E-state index contributed by atoms with van der Waals surface area (Å²) in [5.74, 6) is 1.21. The van der Waals surface area contributed by atoms with Crippen molar-refractivity contribution < 1.29 is 9.32 Å². The summed E-state index contributed by atoms with van der Waals surface area (Å²) in [4.78, 5) is 12.2. The molecule has 0 spiro atoms.